The Morgan fingerprint density at radius 2 is 1.88 bits per heavy atom. The summed E-state index contributed by atoms with van der Waals surface area (Å²) in [5.41, 5.74) is -0.426. The number of halogens is 3. The van der Waals surface area contributed by atoms with Gasteiger partial charge in [-0.3, -0.25) is 4.90 Å². The van der Waals surface area contributed by atoms with Gasteiger partial charge >= 0.3 is 12.3 Å². The van der Waals surface area contributed by atoms with Crippen molar-refractivity contribution in [2.24, 2.45) is 0 Å². The number of alkyl carbamates (subject to hydrolysis) is 1. The maximum absolute atomic E-state index is 13.6. The second-order valence-corrected chi connectivity index (χ2v) is 7.34. The molecule has 1 amide bonds. The van der Waals surface area contributed by atoms with Crippen LogP contribution in [0.5, 0.6) is 0 Å². The molecule has 0 spiro atoms. The molecular formula is C18H25F3N2O2. The minimum Gasteiger partial charge on any atom is -0.444 e. The monoisotopic (exact) mass is 358 g/mol. The molecule has 0 aromatic heterocycles. The summed E-state index contributed by atoms with van der Waals surface area (Å²) in [6, 6.07) is 5.85. The summed E-state index contributed by atoms with van der Waals surface area (Å²) in [4.78, 5) is 13.3. The van der Waals surface area contributed by atoms with E-state index in [-0.39, 0.29) is 18.2 Å². The van der Waals surface area contributed by atoms with Crippen LogP contribution in [0.4, 0.5) is 18.0 Å². The van der Waals surface area contributed by atoms with Crippen LogP contribution in [-0.4, -0.2) is 41.9 Å². The van der Waals surface area contributed by atoms with Crippen molar-refractivity contribution >= 4 is 6.09 Å². The van der Waals surface area contributed by atoms with Gasteiger partial charge in [-0.2, -0.15) is 13.2 Å². The van der Waals surface area contributed by atoms with E-state index < -0.39 is 23.9 Å². The fourth-order valence-corrected chi connectivity index (χ4v) is 3.08. The van der Waals surface area contributed by atoms with Crippen molar-refractivity contribution < 1.29 is 22.7 Å². The van der Waals surface area contributed by atoms with Gasteiger partial charge in [0.2, 0.25) is 0 Å². The highest BCUT2D eigenvalue weighted by Crippen LogP contribution is 2.38. The number of hydrogen-bond acceptors (Lipinski definition) is 3. The second-order valence-electron chi connectivity index (χ2n) is 7.34. The van der Waals surface area contributed by atoms with Gasteiger partial charge in [0.15, 0.2) is 0 Å². The number of likely N-dealkylation sites (tertiary alicyclic amines) is 1. The molecule has 0 bridgehead atoms. The topological polar surface area (TPSA) is 41.6 Å². The Bertz CT molecular complexity index is 570. The summed E-state index contributed by atoms with van der Waals surface area (Å²) in [6.07, 6.45) is -3.76. The SMILES string of the molecule is CC(C)(C)OC(=O)NC1CCCN(C(c2ccccc2)C(F)(F)F)C1. The number of benzene rings is 1. The first-order chi connectivity index (χ1) is 11.6. The highest BCUT2D eigenvalue weighted by molar-refractivity contribution is 5.68. The minimum absolute atomic E-state index is 0.137. The van der Waals surface area contributed by atoms with Gasteiger partial charge < -0.3 is 10.1 Å². The Hall–Kier alpha value is -1.76. The van der Waals surface area contributed by atoms with Crippen molar-refractivity contribution in [3.8, 4) is 0 Å². The van der Waals surface area contributed by atoms with E-state index in [4.69, 9.17) is 4.74 Å². The summed E-state index contributed by atoms with van der Waals surface area (Å²) < 4.78 is 46.1. The molecule has 1 N–H and O–H groups in total. The molecule has 2 rings (SSSR count). The molecule has 1 aromatic carbocycles. The summed E-state index contributed by atoms with van der Waals surface area (Å²) in [7, 11) is 0. The molecule has 0 radical (unpaired) electrons. The zero-order chi connectivity index (χ0) is 18.7. The molecule has 1 aliphatic rings. The number of carbonyl (C=O) groups excluding carboxylic acids is 1. The first kappa shape index (κ1) is 19.6. The van der Waals surface area contributed by atoms with Gasteiger partial charge in [0.1, 0.15) is 11.6 Å². The van der Waals surface area contributed by atoms with Gasteiger partial charge in [-0.15, -0.1) is 0 Å². The smallest absolute Gasteiger partial charge is 0.408 e. The first-order valence-corrected chi connectivity index (χ1v) is 8.41. The van der Waals surface area contributed by atoms with E-state index >= 15 is 0 Å². The standard InChI is InChI=1S/C18H25F3N2O2/c1-17(2,3)25-16(24)22-14-10-7-11-23(12-14)15(18(19,20)21)13-8-5-4-6-9-13/h4-6,8-9,14-15H,7,10-12H2,1-3H3,(H,22,24). The maximum Gasteiger partial charge on any atom is 0.408 e. The number of nitrogens with one attached hydrogen (secondary N) is 1. The highest BCUT2D eigenvalue weighted by Gasteiger charge is 2.45. The number of rotatable bonds is 3. The molecule has 1 fully saturated rings. The molecule has 2 unspecified atom stereocenters. The lowest BCUT2D eigenvalue weighted by Crippen LogP contribution is -2.52. The number of ether oxygens (including phenoxy) is 1. The van der Waals surface area contributed by atoms with Crippen molar-refractivity contribution in [1.29, 1.82) is 0 Å². The largest absolute Gasteiger partial charge is 0.444 e. The van der Waals surface area contributed by atoms with Crippen LogP contribution in [0.3, 0.4) is 0 Å². The number of carbonyl (C=O) groups is 1. The fourth-order valence-electron chi connectivity index (χ4n) is 3.08. The third-order valence-electron chi connectivity index (χ3n) is 3.96. The Kier molecular flexibility index (Phi) is 5.98. The van der Waals surface area contributed by atoms with E-state index in [0.717, 1.165) is 0 Å². The third-order valence-corrected chi connectivity index (χ3v) is 3.96. The van der Waals surface area contributed by atoms with Crippen LogP contribution < -0.4 is 5.32 Å². The van der Waals surface area contributed by atoms with Crippen LogP contribution in [-0.2, 0) is 4.74 Å². The van der Waals surface area contributed by atoms with Crippen LogP contribution in [0, 0.1) is 0 Å². The predicted octanol–water partition coefficient (Wildman–Crippen LogP) is 4.28. The zero-order valence-corrected chi connectivity index (χ0v) is 14.8. The van der Waals surface area contributed by atoms with Gasteiger partial charge in [0.25, 0.3) is 0 Å². The van der Waals surface area contributed by atoms with Gasteiger partial charge in [-0.25, -0.2) is 4.79 Å². The molecule has 1 aliphatic heterocycles. The van der Waals surface area contributed by atoms with Crippen molar-refractivity contribution in [2.45, 2.75) is 57.5 Å². The molecular weight excluding hydrogens is 333 g/mol. The van der Waals surface area contributed by atoms with E-state index in [0.29, 0.717) is 19.4 Å². The van der Waals surface area contributed by atoms with E-state index in [1.54, 1.807) is 39.0 Å². The Morgan fingerprint density at radius 3 is 2.44 bits per heavy atom. The van der Waals surface area contributed by atoms with Crippen molar-refractivity contribution in [2.75, 3.05) is 13.1 Å². The van der Waals surface area contributed by atoms with E-state index in [1.165, 1.54) is 17.0 Å². The van der Waals surface area contributed by atoms with Crippen molar-refractivity contribution in [1.82, 2.24) is 10.2 Å². The molecule has 25 heavy (non-hydrogen) atoms. The third kappa shape index (κ3) is 5.92. The Balaban J connectivity index is 2.08. The van der Waals surface area contributed by atoms with Crippen LogP contribution in [0.1, 0.15) is 45.2 Å². The molecule has 4 nitrogen and oxygen atoms in total. The molecule has 1 aromatic rings. The summed E-state index contributed by atoms with van der Waals surface area (Å²) in [5, 5.41) is 2.69. The fraction of sp³-hybridized carbons (Fsp3) is 0.611. The average Bonchev–Trinajstić information content (AvgIpc) is 2.45. The Morgan fingerprint density at radius 1 is 1.24 bits per heavy atom. The van der Waals surface area contributed by atoms with Crippen LogP contribution >= 0.6 is 0 Å². The van der Waals surface area contributed by atoms with Gasteiger partial charge in [-0.05, 0) is 45.7 Å². The summed E-state index contributed by atoms with van der Waals surface area (Å²) >= 11 is 0. The van der Waals surface area contributed by atoms with Gasteiger partial charge in [0, 0.05) is 12.6 Å². The predicted molar refractivity (Wildman–Crippen MR) is 89.2 cm³/mol. The zero-order valence-electron chi connectivity index (χ0n) is 14.8. The first-order valence-electron chi connectivity index (χ1n) is 8.41. The van der Waals surface area contributed by atoms with Crippen LogP contribution in [0.25, 0.3) is 0 Å². The summed E-state index contributed by atoms with van der Waals surface area (Å²) in [6.45, 7) is 5.71. The number of alkyl halides is 3. The maximum atomic E-state index is 13.6. The molecule has 1 saturated heterocycles. The number of piperidine rings is 1. The van der Waals surface area contributed by atoms with Crippen molar-refractivity contribution in [3.63, 3.8) is 0 Å². The van der Waals surface area contributed by atoms with Gasteiger partial charge in [-0.1, -0.05) is 30.3 Å². The lowest BCUT2D eigenvalue weighted by atomic mass is 9.99. The number of hydrogen-bond donors (Lipinski definition) is 1. The molecule has 0 saturated carbocycles. The van der Waals surface area contributed by atoms with E-state index in [2.05, 4.69) is 5.32 Å². The van der Waals surface area contributed by atoms with E-state index in [1.807, 2.05) is 0 Å². The number of amides is 1. The molecule has 7 heteroatoms. The van der Waals surface area contributed by atoms with Crippen molar-refractivity contribution in [3.05, 3.63) is 35.9 Å². The molecule has 140 valence electrons. The quantitative estimate of drug-likeness (QED) is 0.877. The highest BCUT2D eigenvalue weighted by atomic mass is 19.4. The minimum atomic E-state index is -4.38. The molecule has 1 heterocycles. The second kappa shape index (κ2) is 7.64. The normalized spacial score (nSPS) is 20.8. The summed E-state index contributed by atoms with van der Waals surface area (Å²) in [5.74, 6) is 0. The number of nitrogens with zero attached hydrogens (tertiary/aromatic N) is 1. The average molecular weight is 358 g/mol. The van der Waals surface area contributed by atoms with Crippen LogP contribution in [0.2, 0.25) is 0 Å². The molecule has 2 atom stereocenters. The lowest BCUT2D eigenvalue weighted by Gasteiger charge is -2.39. The molecule has 0 aliphatic carbocycles. The Labute approximate surface area is 146 Å². The van der Waals surface area contributed by atoms with Crippen LogP contribution in [0.15, 0.2) is 30.3 Å². The lowest BCUT2D eigenvalue weighted by molar-refractivity contribution is -0.189. The van der Waals surface area contributed by atoms with E-state index in [9.17, 15) is 18.0 Å². The van der Waals surface area contributed by atoms with Gasteiger partial charge in [0.05, 0.1) is 0 Å².